The van der Waals surface area contributed by atoms with Gasteiger partial charge < -0.3 is 19.3 Å². The predicted octanol–water partition coefficient (Wildman–Crippen LogP) is 3.18. The van der Waals surface area contributed by atoms with Crippen molar-refractivity contribution >= 4 is 11.9 Å². The molecule has 0 atom stereocenters. The van der Waals surface area contributed by atoms with E-state index in [1.165, 1.54) is 12.8 Å². The van der Waals surface area contributed by atoms with E-state index in [4.69, 9.17) is 19.3 Å². The maximum absolute atomic E-state index is 11.1. The number of carboxylic acids is 1. The maximum atomic E-state index is 11.1. The van der Waals surface area contributed by atoms with Crippen LogP contribution in [0.5, 0.6) is 0 Å². The van der Waals surface area contributed by atoms with Crippen LogP contribution in [0.1, 0.15) is 64.7 Å². The number of unbranched alkanes of at least 4 members (excludes halogenated alkanes) is 4. The molecule has 0 amide bonds. The van der Waals surface area contributed by atoms with Crippen molar-refractivity contribution in [2.45, 2.75) is 64.7 Å². The molecule has 0 saturated carbocycles. The Morgan fingerprint density at radius 2 is 1.22 bits per heavy atom. The maximum Gasteiger partial charge on any atom is 0.306 e. The molecule has 136 valence electrons. The first-order chi connectivity index (χ1) is 11.2. The number of carbonyl (C=O) groups excluding carboxylic acids is 1. The number of esters is 1. The Hall–Kier alpha value is -1.14. The second kappa shape index (κ2) is 17.2. The predicted molar refractivity (Wildman–Crippen MR) is 87.5 cm³/mol. The Bertz CT molecular complexity index is 293. The Kier molecular flexibility index (Phi) is 16.4. The fraction of sp³-hybridized carbons (Fsp3) is 0.882. The number of hydrogen-bond donors (Lipinski definition) is 1. The highest BCUT2D eigenvalue weighted by Gasteiger charge is 2.05. The first-order valence-electron chi connectivity index (χ1n) is 8.69. The SMILES string of the molecule is CCCCCOCCCCOCCCCOC(=O)CCC(=O)O. The quantitative estimate of drug-likeness (QED) is 0.325. The second-order valence-electron chi connectivity index (χ2n) is 5.46. The van der Waals surface area contributed by atoms with Crippen LogP contribution in [0.3, 0.4) is 0 Å². The molecule has 0 heterocycles. The first kappa shape index (κ1) is 21.9. The molecule has 1 N–H and O–H groups in total. The lowest BCUT2D eigenvalue weighted by Gasteiger charge is -2.06. The van der Waals surface area contributed by atoms with Crippen LogP contribution in [-0.4, -0.2) is 50.1 Å². The third-order valence-corrected chi connectivity index (χ3v) is 3.21. The summed E-state index contributed by atoms with van der Waals surface area (Å²) in [5, 5.41) is 8.42. The molecule has 23 heavy (non-hydrogen) atoms. The van der Waals surface area contributed by atoms with Crippen molar-refractivity contribution in [3.8, 4) is 0 Å². The van der Waals surface area contributed by atoms with Gasteiger partial charge in [-0.2, -0.15) is 0 Å². The molecule has 0 aromatic rings. The molecule has 0 aliphatic heterocycles. The van der Waals surface area contributed by atoms with Gasteiger partial charge in [-0.05, 0) is 32.1 Å². The number of carboxylic acid groups (broad SMARTS) is 1. The van der Waals surface area contributed by atoms with Crippen molar-refractivity contribution in [2.75, 3.05) is 33.0 Å². The molecule has 0 spiro atoms. The first-order valence-corrected chi connectivity index (χ1v) is 8.69. The minimum Gasteiger partial charge on any atom is -0.481 e. The molecule has 0 rings (SSSR count). The summed E-state index contributed by atoms with van der Waals surface area (Å²) in [7, 11) is 0. The van der Waals surface area contributed by atoms with Gasteiger partial charge in [0.05, 0.1) is 19.4 Å². The zero-order valence-electron chi connectivity index (χ0n) is 14.4. The Morgan fingerprint density at radius 1 is 0.739 bits per heavy atom. The average Bonchev–Trinajstić information content (AvgIpc) is 2.53. The standard InChI is InChI=1S/C17H32O6/c1-2-3-4-11-21-12-5-6-13-22-14-7-8-15-23-17(20)10-9-16(18)19/h2-15H2,1H3,(H,18,19). The minimum atomic E-state index is -0.985. The van der Waals surface area contributed by atoms with Crippen molar-refractivity contribution in [1.29, 1.82) is 0 Å². The molecule has 0 radical (unpaired) electrons. The monoisotopic (exact) mass is 332 g/mol. The third-order valence-electron chi connectivity index (χ3n) is 3.21. The van der Waals surface area contributed by atoms with Crippen molar-refractivity contribution in [3.63, 3.8) is 0 Å². The van der Waals surface area contributed by atoms with E-state index in [0.29, 0.717) is 13.2 Å². The van der Waals surface area contributed by atoms with Gasteiger partial charge in [-0.1, -0.05) is 19.8 Å². The summed E-state index contributed by atoms with van der Waals surface area (Å²) >= 11 is 0. The highest BCUT2D eigenvalue weighted by atomic mass is 16.5. The summed E-state index contributed by atoms with van der Waals surface area (Å²) in [4.78, 5) is 21.4. The van der Waals surface area contributed by atoms with Gasteiger partial charge in [0, 0.05) is 26.4 Å². The molecule has 0 aromatic heterocycles. The van der Waals surface area contributed by atoms with E-state index in [0.717, 1.165) is 51.9 Å². The highest BCUT2D eigenvalue weighted by molar-refractivity contribution is 5.76. The van der Waals surface area contributed by atoms with E-state index in [1.54, 1.807) is 0 Å². The summed E-state index contributed by atoms with van der Waals surface area (Å²) in [5.74, 6) is -1.44. The van der Waals surface area contributed by atoms with Gasteiger partial charge in [-0.15, -0.1) is 0 Å². The third kappa shape index (κ3) is 18.8. The molecule has 6 heteroatoms. The van der Waals surface area contributed by atoms with Crippen LogP contribution < -0.4 is 0 Å². The summed E-state index contributed by atoms with van der Waals surface area (Å²) in [6.45, 7) is 5.56. The van der Waals surface area contributed by atoms with Crippen LogP contribution in [0.25, 0.3) is 0 Å². The lowest BCUT2D eigenvalue weighted by Crippen LogP contribution is -2.09. The summed E-state index contributed by atoms with van der Waals surface area (Å²) < 4.78 is 15.9. The molecule has 0 bridgehead atoms. The molecule has 0 unspecified atom stereocenters. The van der Waals surface area contributed by atoms with Gasteiger partial charge in [-0.25, -0.2) is 0 Å². The van der Waals surface area contributed by atoms with Gasteiger partial charge in [0.2, 0.25) is 0 Å². The van der Waals surface area contributed by atoms with Crippen molar-refractivity contribution in [2.24, 2.45) is 0 Å². The smallest absolute Gasteiger partial charge is 0.306 e. The van der Waals surface area contributed by atoms with Crippen molar-refractivity contribution in [1.82, 2.24) is 0 Å². The number of ether oxygens (including phenoxy) is 3. The van der Waals surface area contributed by atoms with Gasteiger partial charge in [0.15, 0.2) is 0 Å². The molecule has 0 fully saturated rings. The lowest BCUT2D eigenvalue weighted by atomic mass is 10.3. The number of hydrogen-bond acceptors (Lipinski definition) is 5. The van der Waals surface area contributed by atoms with Crippen LogP contribution in [0.2, 0.25) is 0 Å². The Balaban J connectivity index is 3.10. The Labute approximate surface area is 139 Å². The number of rotatable bonds is 17. The van der Waals surface area contributed by atoms with E-state index in [2.05, 4.69) is 6.92 Å². The molecular weight excluding hydrogens is 300 g/mol. The van der Waals surface area contributed by atoms with E-state index < -0.39 is 11.9 Å². The van der Waals surface area contributed by atoms with Crippen LogP contribution in [0, 0.1) is 0 Å². The molecule has 0 aromatic carbocycles. The van der Waals surface area contributed by atoms with Gasteiger partial charge >= 0.3 is 11.9 Å². The van der Waals surface area contributed by atoms with Crippen LogP contribution in [-0.2, 0) is 23.8 Å². The van der Waals surface area contributed by atoms with Crippen LogP contribution >= 0.6 is 0 Å². The molecule has 6 nitrogen and oxygen atoms in total. The van der Waals surface area contributed by atoms with E-state index in [9.17, 15) is 9.59 Å². The molecule has 0 aliphatic rings. The molecule has 0 aliphatic carbocycles. The van der Waals surface area contributed by atoms with E-state index in [-0.39, 0.29) is 12.8 Å². The molecule has 0 saturated heterocycles. The van der Waals surface area contributed by atoms with Crippen molar-refractivity contribution < 1.29 is 28.9 Å². The highest BCUT2D eigenvalue weighted by Crippen LogP contribution is 1.99. The number of aliphatic carboxylic acids is 1. The van der Waals surface area contributed by atoms with Crippen LogP contribution in [0.4, 0.5) is 0 Å². The second-order valence-corrected chi connectivity index (χ2v) is 5.46. The summed E-state index contributed by atoms with van der Waals surface area (Å²) in [6.07, 6.45) is 6.95. The normalized spacial score (nSPS) is 10.7. The Morgan fingerprint density at radius 3 is 1.70 bits per heavy atom. The van der Waals surface area contributed by atoms with E-state index >= 15 is 0 Å². The van der Waals surface area contributed by atoms with Gasteiger partial charge in [0.1, 0.15) is 0 Å². The zero-order valence-corrected chi connectivity index (χ0v) is 14.4. The summed E-state index contributed by atoms with van der Waals surface area (Å²) in [6, 6.07) is 0. The van der Waals surface area contributed by atoms with Gasteiger partial charge in [0.25, 0.3) is 0 Å². The minimum absolute atomic E-state index is 0.0631. The average molecular weight is 332 g/mol. The summed E-state index contributed by atoms with van der Waals surface area (Å²) in [5.41, 5.74) is 0. The zero-order chi connectivity index (χ0) is 17.2. The lowest BCUT2D eigenvalue weighted by molar-refractivity contribution is -0.147. The van der Waals surface area contributed by atoms with Crippen molar-refractivity contribution in [3.05, 3.63) is 0 Å². The topological polar surface area (TPSA) is 82.1 Å². The largest absolute Gasteiger partial charge is 0.481 e. The molecular formula is C17H32O6. The van der Waals surface area contributed by atoms with Gasteiger partial charge in [-0.3, -0.25) is 9.59 Å². The fourth-order valence-electron chi connectivity index (χ4n) is 1.84. The van der Waals surface area contributed by atoms with Crippen LogP contribution in [0.15, 0.2) is 0 Å². The van der Waals surface area contributed by atoms with E-state index in [1.807, 2.05) is 0 Å². The fourth-order valence-corrected chi connectivity index (χ4v) is 1.84. The number of carbonyl (C=O) groups is 2.